The standard InChI is InChI=1S/C35H43N3O4/c1-7-23(3)30(37-34(41)42-35(4,5)6)33(40)38(29-17-12-18-29)31(27-16-11-13-24(8-2)21-27)32(39)36-28-20-19-25-14-9-10-15-26(25)22-28/h8-11,13-16,19-23,29-31H,2,7,12,17-18H2,1,3-6H3,(H,36,39)(H,37,41). The summed E-state index contributed by atoms with van der Waals surface area (Å²) >= 11 is 0. The van der Waals surface area contributed by atoms with Crippen LogP contribution in [0.25, 0.3) is 16.8 Å². The van der Waals surface area contributed by atoms with Crippen LogP contribution in [0.4, 0.5) is 10.5 Å². The van der Waals surface area contributed by atoms with E-state index in [4.69, 9.17) is 4.74 Å². The molecule has 1 saturated carbocycles. The summed E-state index contributed by atoms with van der Waals surface area (Å²) in [7, 11) is 0. The Hall–Kier alpha value is -4.13. The molecule has 222 valence electrons. The van der Waals surface area contributed by atoms with Gasteiger partial charge in [0, 0.05) is 11.7 Å². The van der Waals surface area contributed by atoms with Crippen LogP contribution in [-0.2, 0) is 14.3 Å². The van der Waals surface area contributed by atoms with Crippen LogP contribution in [0.2, 0.25) is 0 Å². The monoisotopic (exact) mass is 569 g/mol. The van der Waals surface area contributed by atoms with Crippen LogP contribution in [0.15, 0.2) is 73.3 Å². The Morgan fingerprint density at radius 1 is 1.02 bits per heavy atom. The van der Waals surface area contributed by atoms with Crippen LogP contribution < -0.4 is 10.6 Å². The molecule has 0 heterocycles. The van der Waals surface area contributed by atoms with Crippen molar-refractivity contribution in [2.45, 2.75) is 84.0 Å². The highest BCUT2D eigenvalue weighted by molar-refractivity contribution is 6.00. The minimum Gasteiger partial charge on any atom is -0.444 e. The van der Waals surface area contributed by atoms with E-state index in [0.717, 1.165) is 35.6 Å². The lowest BCUT2D eigenvalue weighted by Crippen LogP contribution is -2.58. The van der Waals surface area contributed by atoms with E-state index in [1.165, 1.54) is 0 Å². The molecule has 0 spiro atoms. The second kappa shape index (κ2) is 13.2. The van der Waals surface area contributed by atoms with Gasteiger partial charge in [-0.05, 0) is 86.1 Å². The zero-order valence-electron chi connectivity index (χ0n) is 25.4. The molecule has 0 aliphatic heterocycles. The van der Waals surface area contributed by atoms with Crippen molar-refractivity contribution in [3.05, 3.63) is 84.4 Å². The summed E-state index contributed by atoms with van der Waals surface area (Å²) in [6.45, 7) is 13.2. The van der Waals surface area contributed by atoms with Crippen molar-refractivity contribution >= 4 is 40.4 Å². The largest absolute Gasteiger partial charge is 0.444 e. The van der Waals surface area contributed by atoms with Crippen LogP contribution in [0.5, 0.6) is 0 Å². The summed E-state index contributed by atoms with van der Waals surface area (Å²) in [5, 5.41) is 8.01. The number of ether oxygens (including phenoxy) is 1. The molecule has 3 unspecified atom stereocenters. The summed E-state index contributed by atoms with van der Waals surface area (Å²) in [6.07, 6.45) is 4.26. The molecule has 1 aliphatic carbocycles. The molecule has 0 bridgehead atoms. The Morgan fingerprint density at radius 3 is 2.36 bits per heavy atom. The van der Waals surface area contributed by atoms with Gasteiger partial charge in [0.2, 0.25) is 5.91 Å². The van der Waals surface area contributed by atoms with Crippen LogP contribution in [0.3, 0.4) is 0 Å². The van der Waals surface area contributed by atoms with Gasteiger partial charge >= 0.3 is 6.09 Å². The Morgan fingerprint density at radius 2 is 1.74 bits per heavy atom. The first-order valence-electron chi connectivity index (χ1n) is 14.8. The molecule has 3 atom stereocenters. The topological polar surface area (TPSA) is 87.7 Å². The number of hydrogen-bond donors (Lipinski definition) is 2. The van der Waals surface area contributed by atoms with E-state index in [2.05, 4.69) is 17.2 Å². The fourth-order valence-corrected chi connectivity index (χ4v) is 5.23. The van der Waals surface area contributed by atoms with Gasteiger partial charge in [0.15, 0.2) is 0 Å². The maximum Gasteiger partial charge on any atom is 0.408 e. The predicted octanol–water partition coefficient (Wildman–Crippen LogP) is 7.48. The summed E-state index contributed by atoms with van der Waals surface area (Å²) < 4.78 is 5.52. The third-order valence-electron chi connectivity index (χ3n) is 7.88. The van der Waals surface area contributed by atoms with Gasteiger partial charge in [-0.2, -0.15) is 0 Å². The first-order valence-corrected chi connectivity index (χ1v) is 14.8. The Balaban J connectivity index is 1.75. The van der Waals surface area contributed by atoms with E-state index >= 15 is 0 Å². The van der Waals surface area contributed by atoms with Crippen molar-refractivity contribution in [3.63, 3.8) is 0 Å². The van der Waals surface area contributed by atoms with Crippen molar-refractivity contribution < 1.29 is 19.1 Å². The molecule has 7 nitrogen and oxygen atoms in total. The molecular formula is C35H43N3O4. The van der Waals surface area contributed by atoms with E-state index < -0.39 is 23.8 Å². The summed E-state index contributed by atoms with van der Waals surface area (Å²) in [6, 6.07) is 19.4. The number of alkyl carbamates (subject to hydrolysis) is 1. The number of benzene rings is 3. The predicted molar refractivity (Wildman–Crippen MR) is 169 cm³/mol. The van der Waals surface area contributed by atoms with Crippen LogP contribution in [0, 0.1) is 5.92 Å². The number of nitrogens with zero attached hydrogens (tertiary/aromatic N) is 1. The van der Waals surface area contributed by atoms with Crippen LogP contribution >= 0.6 is 0 Å². The quantitative estimate of drug-likeness (QED) is 0.265. The van der Waals surface area contributed by atoms with Gasteiger partial charge in [0.05, 0.1) is 0 Å². The minimum atomic E-state index is -0.916. The second-order valence-electron chi connectivity index (χ2n) is 12.2. The van der Waals surface area contributed by atoms with Gasteiger partial charge in [0.1, 0.15) is 17.7 Å². The number of fused-ring (bicyclic) bond motifs is 1. The Labute approximate surface area is 249 Å². The van der Waals surface area contributed by atoms with E-state index in [-0.39, 0.29) is 23.8 Å². The van der Waals surface area contributed by atoms with E-state index in [1.54, 1.807) is 31.7 Å². The maximum absolute atomic E-state index is 14.5. The molecule has 42 heavy (non-hydrogen) atoms. The number of carbonyl (C=O) groups is 3. The van der Waals surface area contributed by atoms with Crippen molar-refractivity contribution in [1.29, 1.82) is 0 Å². The molecule has 0 saturated heterocycles. The average molecular weight is 570 g/mol. The first-order chi connectivity index (χ1) is 20.0. The molecule has 4 rings (SSSR count). The molecule has 2 N–H and O–H groups in total. The van der Waals surface area contributed by atoms with Crippen LogP contribution in [0.1, 0.15) is 77.5 Å². The SMILES string of the molecule is C=Cc1cccc(C(C(=O)Nc2ccc3ccccc3c2)N(C(=O)C(NC(=O)OC(C)(C)C)C(C)CC)C2CCC2)c1. The summed E-state index contributed by atoms with van der Waals surface area (Å²) in [4.78, 5) is 43.4. The number of carbonyl (C=O) groups excluding carboxylic acids is 3. The number of hydrogen-bond acceptors (Lipinski definition) is 4. The molecule has 7 heteroatoms. The van der Waals surface area contributed by atoms with Gasteiger partial charge in [-0.25, -0.2) is 4.79 Å². The molecule has 1 aliphatic rings. The first kappa shape index (κ1) is 30.8. The number of nitrogens with one attached hydrogen (secondary N) is 2. The molecule has 3 aromatic carbocycles. The third kappa shape index (κ3) is 7.38. The molecule has 3 aromatic rings. The number of rotatable bonds is 10. The van der Waals surface area contributed by atoms with E-state index in [9.17, 15) is 14.4 Å². The van der Waals surface area contributed by atoms with E-state index in [1.807, 2.05) is 80.6 Å². The normalized spacial score (nSPS) is 15.5. The lowest BCUT2D eigenvalue weighted by atomic mass is 9.86. The summed E-state index contributed by atoms with van der Waals surface area (Å²) in [5.74, 6) is -0.786. The Bertz CT molecular complexity index is 1440. The molecular weight excluding hydrogens is 526 g/mol. The third-order valence-corrected chi connectivity index (χ3v) is 7.88. The molecule has 3 amide bonds. The van der Waals surface area contributed by atoms with Crippen molar-refractivity contribution in [2.75, 3.05) is 5.32 Å². The van der Waals surface area contributed by atoms with Crippen LogP contribution in [-0.4, -0.2) is 40.5 Å². The van der Waals surface area contributed by atoms with Gasteiger partial charge in [-0.3, -0.25) is 9.59 Å². The molecule has 1 fully saturated rings. The molecule has 0 radical (unpaired) electrons. The number of anilines is 1. The van der Waals surface area contributed by atoms with Gasteiger partial charge in [-0.1, -0.05) is 81.5 Å². The lowest BCUT2D eigenvalue weighted by molar-refractivity contribution is -0.147. The Kier molecular flexibility index (Phi) is 9.71. The fourth-order valence-electron chi connectivity index (χ4n) is 5.23. The highest BCUT2D eigenvalue weighted by Crippen LogP contribution is 2.35. The fraction of sp³-hybridized carbons (Fsp3) is 0.400. The van der Waals surface area contributed by atoms with E-state index in [0.29, 0.717) is 17.7 Å². The number of amides is 3. The van der Waals surface area contributed by atoms with Gasteiger partial charge < -0.3 is 20.3 Å². The smallest absolute Gasteiger partial charge is 0.408 e. The average Bonchev–Trinajstić information content (AvgIpc) is 2.93. The zero-order chi connectivity index (χ0) is 30.4. The van der Waals surface area contributed by atoms with Crippen molar-refractivity contribution in [2.24, 2.45) is 5.92 Å². The highest BCUT2D eigenvalue weighted by atomic mass is 16.6. The van der Waals surface area contributed by atoms with Crippen molar-refractivity contribution in [1.82, 2.24) is 10.2 Å². The summed E-state index contributed by atoms with van der Waals surface area (Å²) in [5.41, 5.74) is 1.47. The zero-order valence-corrected chi connectivity index (χ0v) is 25.4. The highest BCUT2D eigenvalue weighted by Gasteiger charge is 2.43. The van der Waals surface area contributed by atoms with Gasteiger partial charge in [-0.15, -0.1) is 0 Å². The van der Waals surface area contributed by atoms with Crippen molar-refractivity contribution in [3.8, 4) is 0 Å². The maximum atomic E-state index is 14.5. The minimum absolute atomic E-state index is 0.135. The molecule has 0 aromatic heterocycles. The second-order valence-corrected chi connectivity index (χ2v) is 12.2. The van der Waals surface area contributed by atoms with Gasteiger partial charge in [0.25, 0.3) is 5.91 Å². The lowest BCUT2D eigenvalue weighted by Gasteiger charge is -2.44.